The van der Waals surface area contributed by atoms with Gasteiger partial charge in [0, 0.05) is 12.0 Å². The fourth-order valence-corrected chi connectivity index (χ4v) is 1.93. The second-order valence-electron chi connectivity index (χ2n) is 4.17. The van der Waals surface area contributed by atoms with Crippen LogP contribution in [0, 0.1) is 11.7 Å². The van der Waals surface area contributed by atoms with Crippen molar-refractivity contribution in [1.82, 2.24) is 0 Å². The zero-order valence-electron chi connectivity index (χ0n) is 9.15. The summed E-state index contributed by atoms with van der Waals surface area (Å²) < 4.78 is 12.8. The highest BCUT2D eigenvalue weighted by Gasteiger charge is 2.22. The summed E-state index contributed by atoms with van der Waals surface area (Å²) >= 11 is 0. The molecule has 1 aromatic rings. The third-order valence-corrected chi connectivity index (χ3v) is 2.65. The predicted octanol–water partition coefficient (Wildman–Crippen LogP) is 1.88. The monoisotopic (exact) mass is 211 g/mol. The van der Waals surface area contributed by atoms with Gasteiger partial charge in [0.05, 0.1) is 6.61 Å². The molecule has 0 aliphatic carbocycles. The molecule has 2 atom stereocenters. The molecule has 0 saturated heterocycles. The van der Waals surface area contributed by atoms with Crippen molar-refractivity contribution in [2.24, 2.45) is 11.7 Å². The van der Waals surface area contributed by atoms with Crippen LogP contribution in [0.2, 0.25) is 0 Å². The van der Waals surface area contributed by atoms with Gasteiger partial charge in [-0.25, -0.2) is 4.39 Å². The van der Waals surface area contributed by atoms with Crippen LogP contribution in [0.15, 0.2) is 24.3 Å². The van der Waals surface area contributed by atoms with Crippen LogP contribution in [0.5, 0.6) is 0 Å². The minimum Gasteiger partial charge on any atom is -0.395 e. The fraction of sp³-hybridized carbons (Fsp3) is 0.500. The smallest absolute Gasteiger partial charge is 0.123 e. The maximum absolute atomic E-state index is 12.8. The number of nitrogens with two attached hydrogens (primary N) is 1. The third-order valence-electron chi connectivity index (χ3n) is 2.65. The van der Waals surface area contributed by atoms with Gasteiger partial charge in [-0.2, -0.15) is 0 Å². The van der Waals surface area contributed by atoms with Crippen LogP contribution in [0.25, 0.3) is 0 Å². The lowest BCUT2D eigenvalue weighted by Crippen LogP contribution is -2.34. The Morgan fingerprint density at radius 2 is 1.80 bits per heavy atom. The van der Waals surface area contributed by atoms with Gasteiger partial charge in [0.2, 0.25) is 0 Å². The van der Waals surface area contributed by atoms with Crippen LogP contribution in [-0.2, 0) is 0 Å². The molecule has 0 fully saturated rings. The second kappa shape index (κ2) is 5.24. The van der Waals surface area contributed by atoms with Crippen LogP contribution in [0.1, 0.15) is 25.3 Å². The highest BCUT2D eigenvalue weighted by atomic mass is 19.1. The predicted molar refractivity (Wildman–Crippen MR) is 59.0 cm³/mol. The quantitative estimate of drug-likeness (QED) is 0.798. The molecule has 0 bridgehead atoms. The van der Waals surface area contributed by atoms with E-state index in [0.717, 1.165) is 5.56 Å². The maximum Gasteiger partial charge on any atom is 0.123 e. The van der Waals surface area contributed by atoms with Crippen LogP contribution < -0.4 is 5.73 Å². The summed E-state index contributed by atoms with van der Waals surface area (Å²) in [6.07, 6.45) is 0. The van der Waals surface area contributed by atoms with E-state index in [1.807, 2.05) is 13.8 Å². The van der Waals surface area contributed by atoms with Crippen LogP contribution in [0.4, 0.5) is 4.39 Å². The molecule has 0 aliphatic heterocycles. The van der Waals surface area contributed by atoms with Crippen molar-refractivity contribution in [2.75, 3.05) is 6.61 Å². The lowest BCUT2D eigenvalue weighted by molar-refractivity contribution is 0.232. The maximum atomic E-state index is 12.8. The Bertz CT molecular complexity index is 297. The summed E-state index contributed by atoms with van der Waals surface area (Å²) in [6, 6.07) is 6.02. The van der Waals surface area contributed by atoms with Gasteiger partial charge < -0.3 is 10.8 Å². The normalized spacial score (nSPS) is 15.3. The van der Waals surface area contributed by atoms with E-state index in [1.54, 1.807) is 12.1 Å². The van der Waals surface area contributed by atoms with Crippen molar-refractivity contribution in [3.63, 3.8) is 0 Å². The second-order valence-corrected chi connectivity index (χ2v) is 4.17. The zero-order chi connectivity index (χ0) is 11.4. The molecular weight excluding hydrogens is 193 g/mol. The Balaban J connectivity index is 2.94. The lowest BCUT2D eigenvalue weighted by Gasteiger charge is -2.26. The summed E-state index contributed by atoms with van der Waals surface area (Å²) in [5.41, 5.74) is 6.82. The van der Waals surface area contributed by atoms with E-state index in [2.05, 4.69) is 0 Å². The molecule has 3 N–H and O–H groups in total. The van der Waals surface area contributed by atoms with Crippen molar-refractivity contribution in [2.45, 2.75) is 25.8 Å². The van der Waals surface area contributed by atoms with E-state index in [0.29, 0.717) is 5.92 Å². The molecule has 15 heavy (non-hydrogen) atoms. The number of aliphatic hydroxyl groups excluding tert-OH is 1. The van der Waals surface area contributed by atoms with Crippen molar-refractivity contribution >= 4 is 0 Å². The SMILES string of the molecule is CC(C)C(c1ccc(F)cc1)C(N)CO. The number of hydrogen-bond donors (Lipinski definition) is 2. The van der Waals surface area contributed by atoms with Gasteiger partial charge in [-0.15, -0.1) is 0 Å². The van der Waals surface area contributed by atoms with Crippen molar-refractivity contribution in [3.8, 4) is 0 Å². The van der Waals surface area contributed by atoms with Crippen molar-refractivity contribution < 1.29 is 9.50 Å². The summed E-state index contributed by atoms with van der Waals surface area (Å²) in [5.74, 6) is 0.132. The Morgan fingerprint density at radius 3 is 2.20 bits per heavy atom. The minimum absolute atomic E-state index is 0.0553. The van der Waals surface area contributed by atoms with Gasteiger partial charge >= 0.3 is 0 Å². The first-order valence-corrected chi connectivity index (χ1v) is 5.18. The topological polar surface area (TPSA) is 46.2 Å². The van der Waals surface area contributed by atoms with E-state index < -0.39 is 0 Å². The molecule has 0 amide bonds. The summed E-state index contributed by atoms with van der Waals surface area (Å²) in [6.45, 7) is 4.04. The van der Waals surface area contributed by atoms with Gasteiger partial charge in [0.1, 0.15) is 5.82 Å². The highest BCUT2D eigenvalue weighted by molar-refractivity contribution is 5.22. The Hall–Kier alpha value is -0.930. The van der Waals surface area contributed by atoms with Crippen LogP contribution >= 0.6 is 0 Å². The lowest BCUT2D eigenvalue weighted by atomic mass is 9.83. The van der Waals surface area contributed by atoms with Gasteiger partial charge in [0.15, 0.2) is 0 Å². The van der Waals surface area contributed by atoms with E-state index in [1.165, 1.54) is 12.1 Å². The minimum atomic E-state index is -0.296. The average Bonchev–Trinajstić information content (AvgIpc) is 2.20. The van der Waals surface area contributed by atoms with Gasteiger partial charge in [-0.3, -0.25) is 0 Å². The largest absolute Gasteiger partial charge is 0.395 e. The first kappa shape index (κ1) is 12.1. The summed E-state index contributed by atoms with van der Waals surface area (Å²) in [4.78, 5) is 0. The van der Waals surface area contributed by atoms with Gasteiger partial charge in [-0.1, -0.05) is 26.0 Å². The van der Waals surface area contributed by atoms with E-state index in [4.69, 9.17) is 10.8 Å². The third kappa shape index (κ3) is 3.01. The summed E-state index contributed by atoms with van der Waals surface area (Å²) in [7, 11) is 0. The van der Waals surface area contributed by atoms with E-state index in [9.17, 15) is 4.39 Å². The van der Waals surface area contributed by atoms with Crippen LogP contribution in [-0.4, -0.2) is 17.8 Å². The first-order chi connectivity index (χ1) is 7.06. The number of rotatable bonds is 4. The van der Waals surface area contributed by atoms with E-state index in [-0.39, 0.29) is 24.4 Å². The molecule has 3 heteroatoms. The van der Waals surface area contributed by atoms with Gasteiger partial charge in [-0.05, 0) is 23.6 Å². The van der Waals surface area contributed by atoms with Crippen molar-refractivity contribution in [1.29, 1.82) is 0 Å². The highest BCUT2D eigenvalue weighted by Crippen LogP contribution is 2.26. The Morgan fingerprint density at radius 1 is 1.27 bits per heavy atom. The molecule has 1 rings (SSSR count). The van der Waals surface area contributed by atoms with Crippen LogP contribution in [0.3, 0.4) is 0 Å². The first-order valence-electron chi connectivity index (χ1n) is 5.18. The molecule has 2 nitrogen and oxygen atoms in total. The molecule has 0 aromatic heterocycles. The fourth-order valence-electron chi connectivity index (χ4n) is 1.93. The molecular formula is C12H18FNO. The van der Waals surface area contributed by atoms with Crippen molar-refractivity contribution in [3.05, 3.63) is 35.6 Å². The molecule has 2 unspecified atom stereocenters. The molecule has 1 aromatic carbocycles. The van der Waals surface area contributed by atoms with E-state index >= 15 is 0 Å². The zero-order valence-corrected chi connectivity index (χ0v) is 9.15. The number of benzene rings is 1. The molecule has 0 saturated carbocycles. The Labute approximate surface area is 89.9 Å². The molecule has 0 radical (unpaired) electrons. The summed E-state index contributed by atoms with van der Waals surface area (Å²) in [5, 5.41) is 9.07. The number of aliphatic hydroxyl groups is 1. The standard InChI is InChI=1S/C12H18FNO/c1-8(2)12(11(14)7-15)9-3-5-10(13)6-4-9/h3-6,8,11-12,15H,7,14H2,1-2H3. The molecule has 84 valence electrons. The molecule has 0 aliphatic rings. The van der Waals surface area contributed by atoms with Gasteiger partial charge in [0.25, 0.3) is 0 Å². The number of halogens is 1. The Kier molecular flexibility index (Phi) is 4.24. The number of hydrogen-bond acceptors (Lipinski definition) is 2. The average molecular weight is 211 g/mol. The molecule has 0 heterocycles. The molecule has 0 spiro atoms.